The molecule has 5 heteroatoms. The minimum absolute atomic E-state index is 0.0183. The monoisotopic (exact) mass is 386 g/mol. The zero-order chi connectivity index (χ0) is 14.5. The maximum absolute atomic E-state index is 12.2. The molecule has 0 aliphatic carbocycles. The smallest absolute Gasteiger partial charge is 0.252 e. The fourth-order valence-electron chi connectivity index (χ4n) is 2.41. The maximum Gasteiger partial charge on any atom is 0.252 e. The van der Waals surface area contributed by atoms with Crippen LogP contribution >= 0.6 is 22.6 Å². The van der Waals surface area contributed by atoms with Crippen LogP contribution in [-0.2, 0) is 4.79 Å². The van der Waals surface area contributed by atoms with Crippen molar-refractivity contribution in [2.45, 2.75) is 32.2 Å². The topological polar surface area (TPSA) is 49.4 Å². The molecule has 1 fully saturated rings. The number of hydrogen-bond acceptors (Lipinski definition) is 2. The third kappa shape index (κ3) is 3.71. The zero-order valence-corrected chi connectivity index (χ0v) is 13.7. The van der Waals surface area contributed by atoms with Crippen molar-refractivity contribution in [3.8, 4) is 0 Å². The Kier molecular flexibility index (Phi) is 5.39. The summed E-state index contributed by atoms with van der Waals surface area (Å²) in [5.74, 6) is 0.183. The molecule has 108 valence electrons. The highest BCUT2D eigenvalue weighted by molar-refractivity contribution is 14.1. The predicted molar refractivity (Wildman–Crippen MR) is 86.5 cm³/mol. The van der Waals surface area contributed by atoms with Crippen molar-refractivity contribution in [2.75, 3.05) is 13.1 Å². The summed E-state index contributed by atoms with van der Waals surface area (Å²) in [5, 5.41) is 3.07. The molecule has 1 aliphatic rings. The van der Waals surface area contributed by atoms with Crippen molar-refractivity contribution in [1.29, 1.82) is 0 Å². The highest BCUT2D eigenvalue weighted by atomic mass is 127. The van der Waals surface area contributed by atoms with E-state index < -0.39 is 0 Å². The average molecular weight is 386 g/mol. The zero-order valence-electron chi connectivity index (χ0n) is 11.6. The number of benzene rings is 1. The van der Waals surface area contributed by atoms with Gasteiger partial charge in [0, 0.05) is 29.1 Å². The van der Waals surface area contributed by atoms with E-state index in [9.17, 15) is 9.59 Å². The number of rotatable bonds is 3. The molecule has 1 aromatic rings. The number of hydrogen-bond donors (Lipinski definition) is 1. The van der Waals surface area contributed by atoms with Crippen LogP contribution in [0.15, 0.2) is 24.3 Å². The largest absolute Gasteiger partial charge is 0.349 e. The van der Waals surface area contributed by atoms with E-state index >= 15 is 0 Å². The van der Waals surface area contributed by atoms with E-state index in [0.29, 0.717) is 6.42 Å². The number of amides is 2. The van der Waals surface area contributed by atoms with E-state index in [1.807, 2.05) is 36.1 Å². The van der Waals surface area contributed by atoms with Crippen LogP contribution in [0, 0.1) is 3.57 Å². The third-order valence-corrected chi connectivity index (χ3v) is 4.54. The van der Waals surface area contributed by atoms with Crippen LogP contribution in [0.2, 0.25) is 0 Å². The molecule has 0 bridgehead atoms. The second kappa shape index (κ2) is 7.06. The Morgan fingerprint density at radius 2 is 1.95 bits per heavy atom. The molecule has 1 aliphatic heterocycles. The van der Waals surface area contributed by atoms with Crippen molar-refractivity contribution < 1.29 is 9.59 Å². The van der Waals surface area contributed by atoms with Crippen LogP contribution in [-0.4, -0.2) is 35.8 Å². The van der Waals surface area contributed by atoms with Crippen LogP contribution in [0.4, 0.5) is 0 Å². The number of nitrogens with one attached hydrogen (secondary N) is 1. The lowest BCUT2D eigenvalue weighted by Gasteiger charge is -2.32. The van der Waals surface area contributed by atoms with Crippen molar-refractivity contribution in [2.24, 2.45) is 0 Å². The van der Waals surface area contributed by atoms with Crippen molar-refractivity contribution in [1.82, 2.24) is 10.2 Å². The standard InChI is InChI=1S/C15H19IN2O2/c1-2-14(19)18-9-7-11(8-10-18)17-15(20)12-5-3-4-6-13(12)16/h3-6,11H,2,7-10H2,1H3,(H,17,20). The SMILES string of the molecule is CCC(=O)N1CCC(NC(=O)c2ccccc2I)CC1. The average Bonchev–Trinajstić information content (AvgIpc) is 2.47. The molecular formula is C15H19IN2O2. The lowest BCUT2D eigenvalue weighted by Crippen LogP contribution is -2.46. The first-order valence-corrected chi connectivity index (χ1v) is 8.03. The van der Waals surface area contributed by atoms with Crippen LogP contribution in [0.1, 0.15) is 36.5 Å². The first-order valence-electron chi connectivity index (χ1n) is 6.95. The minimum Gasteiger partial charge on any atom is -0.349 e. The minimum atomic E-state index is -0.0183. The van der Waals surface area contributed by atoms with Crippen LogP contribution in [0.5, 0.6) is 0 Å². The Bertz CT molecular complexity index is 496. The predicted octanol–water partition coefficient (Wildman–Crippen LogP) is 2.42. The van der Waals surface area contributed by atoms with E-state index in [-0.39, 0.29) is 17.9 Å². The van der Waals surface area contributed by atoms with Gasteiger partial charge in [0.15, 0.2) is 0 Å². The Labute approximate surface area is 133 Å². The maximum atomic E-state index is 12.2. The first kappa shape index (κ1) is 15.3. The Morgan fingerprint density at radius 3 is 2.55 bits per heavy atom. The molecule has 0 saturated carbocycles. The summed E-state index contributed by atoms with van der Waals surface area (Å²) in [4.78, 5) is 25.7. The van der Waals surface area contributed by atoms with Gasteiger partial charge in [-0.15, -0.1) is 0 Å². The molecule has 2 amide bonds. The molecular weight excluding hydrogens is 367 g/mol. The van der Waals surface area contributed by atoms with E-state index in [1.54, 1.807) is 0 Å². The molecule has 0 radical (unpaired) electrons. The second-order valence-corrected chi connectivity index (χ2v) is 6.12. The molecule has 1 heterocycles. The van der Waals surface area contributed by atoms with Gasteiger partial charge in [0.25, 0.3) is 5.91 Å². The summed E-state index contributed by atoms with van der Waals surface area (Å²) in [6.07, 6.45) is 2.22. The molecule has 0 spiro atoms. The fraction of sp³-hybridized carbons (Fsp3) is 0.467. The Balaban J connectivity index is 1.88. The molecule has 1 aromatic carbocycles. The lowest BCUT2D eigenvalue weighted by atomic mass is 10.0. The molecule has 1 N–H and O–H groups in total. The summed E-state index contributed by atoms with van der Waals surface area (Å²) in [5.41, 5.74) is 0.722. The van der Waals surface area contributed by atoms with E-state index in [1.165, 1.54) is 0 Å². The van der Waals surface area contributed by atoms with Gasteiger partial charge in [-0.2, -0.15) is 0 Å². The summed E-state index contributed by atoms with van der Waals surface area (Å²) >= 11 is 2.17. The van der Waals surface area contributed by atoms with Gasteiger partial charge in [0.2, 0.25) is 5.91 Å². The first-order chi connectivity index (χ1) is 9.61. The van der Waals surface area contributed by atoms with Crippen molar-refractivity contribution >= 4 is 34.4 Å². The number of piperidine rings is 1. The van der Waals surface area contributed by atoms with E-state index in [2.05, 4.69) is 27.9 Å². The van der Waals surface area contributed by atoms with Crippen LogP contribution < -0.4 is 5.32 Å². The van der Waals surface area contributed by atoms with Crippen molar-refractivity contribution in [3.63, 3.8) is 0 Å². The molecule has 2 rings (SSSR count). The van der Waals surface area contributed by atoms with Crippen LogP contribution in [0.25, 0.3) is 0 Å². The summed E-state index contributed by atoms with van der Waals surface area (Å²) < 4.78 is 0.959. The Hall–Kier alpha value is -1.11. The molecule has 0 aromatic heterocycles. The van der Waals surface area contributed by atoms with Gasteiger partial charge in [-0.05, 0) is 47.6 Å². The molecule has 20 heavy (non-hydrogen) atoms. The van der Waals surface area contributed by atoms with E-state index in [4.69, 9.17) is 0 Å². The summed E-state index contributed by atoms with van der Waals surface area (Å²) in [6.45, 7) is 3.36. The highest BCUT2D eigenvalue weighted by Gasteiger charge is 2.23. The Morgan fingerprint density at radius 1 is 1.30 bits per heavy atom. The number of halogens is 1. The fourth-order valence-corrected chi connectivity index (χ4v) is 3.04. The van der Waals surface area contributed by atoms with Crippen molar-refractivity contribution in [3.05, 3.63) is 33.4 Å². The molecule has 1 saturated heterocycles. The third-order valence-electron chi connectivity index (χ3n) is 3.60. The van der Waals surface area contributed by atoms with Gasteiger partial charge in [0.05, 0.1) is 5.56 Å². The normalized spacial score (nSPS) is 16.0. The molecule has 0 atom stereocenters. The molecule has 4 nitrogen and oxygen atoms in total. The number of likely N-dealkylation sites (tertiary alicyclic amines) is 1. The van der Waals surface area contributed by atoms with Gasteiger partial charge in [-0.25, -0.2) is 0 Å². The quantitative estimate of drug-likeness (QED) is 0.812. The summed E-state index contributed by atoms with van der Waals surface area (Å²) in [6, 6.07) is 7.73. The number of carbonyl (C=O) groups is 2. The van der Waals surface area contributed by atoms with Gasteiger partial charge in [-0.3, -0.25) is 9.59 Å². The van der Waals surface area contributed by atoms with Gasteiger partial charge >= 0.3 is 0 Å². The summed E-state index contributed by atoms with van der Waals surface area (Å²) in [7, 11) is 0. The highest BCUT2D eigenvalue weighted by Crippen LogP contribution is 2.15. The molecule has 0 unspecified atom stereocenters. The van der Waals surface area contributed by atoms with Crippen LogP contribution in [0.3, 0.4) is 0 Å². The van der Waals surface area contributed by atoms with Gasteiger partial charge in [-0.1, -0.05) is 19.1 Å². The number of nitrogens with zero attached hydrogens (tertiary/aromatic N) is 1. The lowest BCUT2D eigenvalue weighted by molar-refractivity contribution is -0.131. The van der Waals surface area contributed by atoms with Gasteiger partial charge < -0.3 is 10.2 Å². The van der Waals surface area contributed by atoms with Gasteiger partial charge in [0.1, 0.15) is 0 Å². The second-order valence-electron chi connectivity index (χ2n) is 4.96. The van der Waals surface area contributed by atoms with E-state index in [0.717, 1.165) is 35.1 Å². The number of carbonyl (C=O) groups excluding carboxylic acids is 2.